The van der Waals surface area contributed by atoms with Crippen molar-refractivity contribution >= 4 is 23.6 Å². The Morgan fingerprint density at radius 1 is 1.11 bits per heavy atom. The highest BCUT2D eigenvalue weighted by Crippen LogP contribution is 2.46. The van der Waals surface area contributed by atoms with Crippen LogP contribution in [0.2, 0.25) is 0 Å². The van der Waals surface area contributed by atoms with E-state index in [0.29, 0.717) is 17.0 Å². The van der Waals surface area contributed by atoms with Gasteiger partial charge in [-0.05, 0) is 38.1 Å². The summed E-state index contributed by atoms with van der Waals surface area (Å²) < 4.78 is 10.6. The molecular weight excluding hydrogens is 360 g/mol. The number of benzene rings is 2. The Hall–Kier alpha value is -3.74. The first kappa shape index (κ1) is 19.0. The van der Waals surface area contributed by atoms with Gasteiger partial charge in [0.2, 0.25) is 0 Å². The van der Waals surface area contributed by atoms with Gasteiger partial charge in [0.05, 0.1) is 18.4 Å². The third-order valence-electron chi connectivity index (χ3n) is 4.17. The molecule has 0 amide bonds. The first-order valence-electron chi connectivity index (χ1n) is 8.59. The van der Waals surface area contributed by atoms with E-state index in [0.717, 1.165) is 0 Å². The molecule has 0 unspecified atom stereocenters. The number of nitrogens with zero attached hydrogens (tertiary/aromatic N) is 2. The van der Waals surface area contributed by atoms with E-state index >= 15 is 0 Å². The minimum atomic E-state index is -0.753. The molecule has 0 aromatic heterocycles. The van der Waals surface area contributed by atoms with Crippen LogP contribution < -0.4 is 4.74 Å². The summed E-state index contributed by atoms with van der Waals surface area (Å²) >= 11 is 0. The van der Waals surface area contributed by atoms with Gasteiger partial charge in [-0.2, -0.15) is 5.10 Å². The number of para-hydroxylation sites is 1. The fraction of sp³-hybridized carbons (Fsp3) is 0.143. The van der Waals surface area contributed by atoms with Crippen LogP contribution in [0.1, 0.15) is 25.0 Å². The molecular formula is C21H20N2O5. The van der Waals surface area contributed by atoms with Gasteiger partial charge in [0.1, 0.15) is 5.75 Å². The molecule has 28 heavy (non-hydrogen) atoms. The van der Waals surface area contributed by atoms with Crippen LogP contribution in [0.25, 0.3) is 11.5 Å². The third-order valence-corrected chi connectivity index (χ3v) is 4.17. The zero-order chi connectivity index (χ0) is 20.3. The number of esters is 1. The molecule has 0 aliphatic carbocycles. The molecule has 0 fully saturated rings. The van der Waals surface area contributed by atoms with Gasteiger partial charge in [-0.1, -0.05) is 24.3 Å². The van der Waals surface area contributed by atoms with E-state index in [1.54, 1.807) is 38.1 Å². The number of methoxy groups -OCH3 is 1. The van der Waals surface area contributed by atoms with Gasteiger partial charge in [-0.25, -0.2) is 9.80 Å². The molecule has 2 N–H and O–H groups in total. The number of hydrogen-bond acceptors (Lipinski definition) is 7. The average molecular weight is 380 g/mol. The lowest BCUT2D eigenvalue weighted by Gasteiger charge is -2.30. The summed E-state index contributed by atoms with van der Waals surface area (Å²) in [5.41, 5.74) is 0.834. The van der Waals surface area contributed by atoms with Crippen LogP contribution in [-0.4, -0.2) is 34.5 Å². The first-order valence-corrected chi connectivity index (χ1v) is 8.59. The van der Waals surface area contributed by atoms with Gasteiger partial charge in [-0.15, -0.1) is 0 Å². The van der Waals surface area contributed by atoms with E-state index in [4.69, 9.17) is 9.47 Å². The lowest BCUT2D eigenvalue weighted by molar-refractivity contribution is -0.137. The molecule has 2 aromatic carbocycles. The molecule has 3 rings (SSSR count). The number of ether oxygens (including phenoxy) is 2. The number of fused-ring (bicyclic) bond motifs is 1. The summed E-state index contributed by atoms with van der Waals surface area (Å²) in [4.78, 5) is 12.3. The molecule has 1 aliphatic heterocycles. The smallest absolute Gasteiger partial charge is 0.360 e. The molecule has 1 aliphatic rings. The van der Waals surface area contributed by atoms with Gasteiger partial charge >= 0.3 is 5.97 Å². The molecule has 0 atom stereocenters. The topological polar surface area (TPSA) is 91.6 Å². The minimum absolute atomic E-state index is 0.141. The molecule has 0 spiro atoms. The number of phenols is 1. The highest BCUT2D eigenvalue weighted by molar-refractivity contribution is 6.02. The molecule has 2 aromatic rings. The van der Waals surface area contributed by atoms with Crippen LogP contribution in [0, 0.1) is 0 Å². The van der Waals surface area contributed by atoms with Gasteiger partial charge < -0.3 is 19.7 Å². The quantitative estimate of drug-likeness (QED) is 0.608. The van der Waals surface area contributed by atoms with E-state index < -0.39 is 5.97 Å². The highest BCUT2D eigenvalue weighted by Gasteiger charge is 2.36. The number of carbonyl (C=O) groups excluding carboxylic acids is 1. The Morgan fingerprint density at radius 2 is 1.82 bits per heavy atom. The Balaban J connectivity index is 2.21. The fourth-order valence-corrected chi connectivity index (χ4v) is 2.96. The van der Waals surface area contributed by atoms with Crippen molar-refractivity contribution in [1.82, 2.24) is 5.01 Å². The second kappa shape index (κ2) is 7.87. The third kappa shape index (κ3) is 3.18. The van der Waals surface area contributed by atoms with Crippen molar-refractivity contribution < 1.29 is 24.5 Å². The van der Waals surface area contributed by atoms with Crippen molar-refractivity contribution in [3.05, 3.63) is 65.4 Å². The van der Waals surface area contributed by atoms with Crippen LogP contribution in [0.3, 0.4) is 0 Å². The monoisotopic (exact) mass is 380 g/mol. The molecule has 0 bridgehead atoms. The van der Waals surface area contributed by atoms with E-state index in [2.05, 4.69) is 5.10 Å². The Labute approximate surface area is 162 Å². The first-order chi connectivity index (χ1) is 13.5. The number of allylic oxidation sites excluding steroid dienone is 1. The fourth-order valence-electron chi connectivity index (χ4n) is 2.96. The number of rotatable bonds is 4. The number of aromatic hydroxyl groups is 1. The van der Waals surface area contributed by atoms with E-state index in [1.807, 2.05) is 18.2 Å². The highest BCUT2D eigenvalue weighted by atomic mass is 16.5. The summed E-state index contributed by atoms with van der Waals surface area (Å²) in [5, 5.41) is 27.0. The second-order valence-corrected chi connectivity index (χ2v) is 5.80. The maximum Gasteiger partial charge on any atom is 0.360 e. The van der Waals surface area contributed by atoms with Gasteiger partial charge in [0.15, 0.2) is 23.0 Å². The number of hydrazone groups is 1. The minimum Gasteiger partial charge on any atom is -0.505 e. The lowest BCUT2D eigenvalue weighted by atomic mass is 9.95. The van der Waals surface area contributed by atoms with E-state index in [1.165, 1.54) is 24.4 Å². The largest absolute Gasteiger partial charge is 0.505 e. The molecule has 0 radical (unpaired) electrons. The molecule has 0 saturated carbocycles. The maximum atomic E-state index is 12.3. The normalized spacial score (nSPS) is 15.1. The molecule has 144 valence electrons. The van der Waals surface area contributed by atoms with E-state index in [-0.39, 0.29) is 28.5 Å². The Bertz CT molecular complexity index is 993. The van der Waals surface area contributed by atoms with Crippen LogP contribution >= 0.6 is 0 Å². The zero-order valence-corrected chi connectivity index (χ0v) is 15.7. The number of aliphatic hydroxyl groups excluding tert-OH is 1. The summed E-state index contributed by atoms with van der Waals surface area (Å²) in [7, 11) is 1.22. The van der Waals surface area contributed by atoms with Crippen molar-refractivity contribution in [3.8, 4) is 17.2 Å². The van der Waals surface area contributed by atoms with Crippen LogP contribution in [0.15, 0.2) is 59.3 Å². The zero-order valence-electron chi connectivity index (χ0n) is 15.7. The number of phenolic OH excluding ortho intramolecular Hbond substituents is 1. The standard InChI is InChI=1S/C21H20N2O5/c1-4-15-17-14(19(24)18(21(26)27-3)23(15)22-5-2)11-12-16(20(17)25)28-13-9-7-6-8-10-13/h4-12,24-25H,1-3H3/b15-4+,22-5-. The summed E-state index contributed by atoms with van der Waals surface area (Å²) in [6.07, 6.45) is 3.14. The molecule has 1 heterocycles. The van der Waals surface area contributed by atoms with Gasteiger partial charge in [0.25, 0.3) is 0 Å². The Kier molecular flexibility index (Phi) is 5.35. The van der Waals surface area contributed by atoms with Crippen LogP contribution in [0.4, 0.5) is 0 Å². The predicted octanol–water partition coefficient (Wildman–Crippen LogP) is 4.27. The van der Waals surface area contributed by atoms with Crippen molar-refractivity contribution in [2.75, 3.05) is 7.11 Å². The number of aliphatic hydroxyl groups is 1. The predicted molar refractivity (Wildman–Crippen MR) is 106 cm³/mol. The van der Waals surface area contributed by atoms with Crippen molar-refractivity contribution in [2.24, 2.45) is 5.10 Å². The molecule has 7 heteroatoms. The van der Waals surface area contributed by atoms with Crippen LogP contribution in [-0.2, 0) is 9.53 Å². The lowest BCUT2D eigenvalue weighted by Crippen LogP contribution is -2.28. The van der Waals surface area contributed by atoms with Crippen molar-refractivity contribution in [3.63, 3.8) is 0 Å². The van der Waals surface area contributed by atoms with Crippen LogP contribution in [0.5, 0.6) is 17.2 Å². The SMILES string of the molecule is C/C=N\N1C(C(=O)OC)=C(O)c2ccc(Oc3ccccc3)c(O)c2/C1=C\C. The molecule has 7 nitrogen and oxygen atoms in total. The van der Waals surface area contributed by atoms with Crippen molar-refractivity contribution in [1.29, 1.82) is 0 Å². The van der Waals surface area contributed by atoms with Crippen molar-refractivity contribution in [2.45, 2.75) is 13.8 Å². The number of hydrogen-bond donors (Lipinski definition) is 2. The molecule has 0 saturated heterocycles. The maximum absolute atomic E-state index is 12.3. The van der Waals surface area contributed by atoms with E-state index in [9.17, 15) is 15.0 Å². The summed E-state index contributed by atoms with van der Waals surface area (Å²) in [6, 6.07) is 12.1. The number of carbonyl (C=O) groups is 1. The average Bonchev–Trinajstić information content (AvgIpc) is 2.71. The second-order valence-electron chi connectivity index (χ2n) is 5.80. The summed E-state index contributed by atoms with van der Waals surface area (Å²) in [6.45, 7) is 3.41. The van der Waals surface area contributed by atoms with Gasteiger partial charge in [-0.3, -0.25) is 0 Å². The summed E-state index contributed by atoms with van der Waals surface area (Å²) in [5.74, 6) is -0.522. The van der Waals surface area contributed by atoms with Gasteiger partial charge in [0, 0.05) is 11.8 Å². The Morgan fingerprint density at radius 3 is 2.43 bits per heavy atom.